The van der Waals surface area contributed by atoms with Gasteiger partial charge in [-0.25, -0.2) is 9.97 Å². The highest BCUT2D eigenvalue weighted by atomic mass is 32.2. The molecule has 0 bridgehead atoms. The number of nitrogens with one attached hydrogen (secondary N) is 2. The molecule has 9 heteroatoms. The molecule has 4 rings (SSSR count). The summed E-state index contributed by atoms with van der Waals surface area (Å²) in [5.74, 6) is 1.37. The number of rotatable bonds is 8. The number of carbonyl (C=O) groups is 1. The van der Waals surface area contributed by atoms with Crippen molar-refractivity contribution in [1.29, 1.82) is 0 Å². The molecule has 0 saturated carbocycles. The van der Waals surface area contributed by atoms with Crippen molar-refractivity contribution in [2.75, 3.05) is 30.4 Å². The Bertz CT molecular complexity index is 1030. The van der Waals surface area contributed by atoms with Gasteiger partial charge in [-0.1, -0.05) is 30.3 Å². The number of hydrogen-bond acceptors (Lipinski definition) is 7. The zero-order valence-corrected chi connectivity index (χ0v) is 18.3. The van der Waals surface area contributed by atoms with E-state index in [1.165, 1.54) is 6.33 Å². The van der Waals surface area contributed by atoms with Crippen molar-refractivity contribution >= 4 is 34.5 Å². The molecule has 8 nitrogen and oxygen atoms in total. The van der Waals surface area contributed by atoms with Crippen LogP contribution in [0.5, 0.6) is 0 Å². The zero-order chi connectivity index (χ0) is 21.8. The van der Waals surface area contributed by atoms with E-state index in [9.17, 15) is 9.90 Å². The number of aromatic amines is 1. The maximum absolute atomic E-state index is 12.6. The number of carbonyl (C=O) groups excluding carboxylic acids is 1. The first-order chi connectivity index (χ1) is 15.0. The van der Waals surface area contributed by atoms with Gasteiger partial charge >= 0.3 is 0 Å². The van der Waals surface area contributed by atoms with Crippen LogP contribution in [-0.2, 0) is 17.8 Å². The Hall–Kier alpha value is -2.46. The normalized spacial score (nSPS) is 20.2. The Balaban J connectivity index is 1.44. The second-order valence-corrected chi connectivity index (χ2v) is 8.93. The molecule has 3 aromatic rings. The Morgan fingerprint density at radius 2 is 2.16 bits per heavy atom. The molecule has 2 aromatic heterocycles. The number of H-pyrrole nitrogens is 1. The molecule has 3 heterocycles. The van der Waals surface area contributed by atoms with Crippen LogP contribution in [0.2, 0.25) is 0 Å². The molecule has 1 aromatic carbocycles. The Kier molecular flexibility index (Phi) is 6.86. The van der Waals surface area contributed by atoms with E-state index in [1.54, 1.807) is 11.8 Å². The van der Waals surface area contributed by atoms with Crippen LogP contribution in [0.3, 0.4) is 0 Å². The minimum Gasteiger partial charge on any atom is -0.391 e. The summed E-state index contributed by atoms with van der Waals surface area (Å²) < 4.78 is 0. The number of aliphatic hydroxyl groups is 1. The van der Waals surface area contributed by atoms with Crippen molar-refractivity contribution in [2.45, 2.75) is 25.1 Å². The number of β-amino-alcohol motifs (C(OH)–C–C–N with tert-alkyl or cyclic N) is 1. The molecule has 1 aliphatic heterocycles. The Morgan fingerprint density at radius 3 is 2.94 bits per heavy atom. The van der Waals surface area contributed by atoms with E-state index in [4.69, 9.17) is 5.73 Å². The third-order valence-electron chi connectivity index (χ3n) is 5.68. The number of thioether (sulfide) groups is 1. The predicted molar refractivity (Wildman–Crippen MR) is 124 cm³/mol. The van der Waals surface area contributed by atoms with Crippen molar-refractivity contribution in [3.63, 3.8) is 0 Å². The molecule has 5 N–H and O–H groups in total. The number of aromatic nitrogens is 3. The number of hydrogen-bond donors (Lipinski definition) is 4. The zero-order valence-electron chi connectivity index (χ0n) is 17.5. The van der Waals surface area contributed by atoms with Gasteiger partial charge in [0, 0.05) is 37.3 Å². The smallest absolute Gasteiger partial charge is 0.242 e. The van der Waals surface area contributed by atoms with Crippen molar-refractivity contribution in [2.24, 2.45) is 11.7 Å². The summed E-state index contributed by atoms with van der Waals surface area (Å²) in [5, 5.41) is 13.1. The lowest BCUT2D eigenvalue weighted by Crippen LogP contribution is -2.37. The number of aliphatic hydroxyl groups excluding tert-OH is 1. The fourth-order valence-corrected chi connectivity index (χ4v) is 4.82. The summed E-state index contributed by atoms with van der Waals surface area (Å²) in [7, 11) is 0. The molecule has 164 valence electrons. The number of fused-ring (bicyclic) bond motifs is 1. The van der Waals surface area contributed by atoms with Crippen LogP contribution < -0.4 is 11.1 Å². The van der Waals surface area contributed by atoms with Crippen LogP contribution in [0, 0.1) is 5.92 Å². The van der Waals surface area contributed by atoms with Crippen molar-refractivity contribution in [1.82, 2.24) is 19.9 Å². The van der Waals surface area contributed by atoms with Gasteiger partial charge in [0.25, 0.3) is 0 Å². The number of anilines is 1. The fraction of sp³-hybridized carbons (Fsp3) is 0.409. The average Bonchev–Trinajstić information content (AvgIpc) is 3.33. The van der Waals surface area contributed by atoms with Crippen LogP contribution in [0.4, 0.5) is 5.82 Å². The second kappa shape index (κ2) is 9.78. The van der Waals surface area contributed by atoms with Gasteiger partial charge in [-0.05, 0) is 24.0 Å². The number of benzene rings is 1. The summed E-state index contributed by atoms with van der Waals surface area (Å²) in [4.78, 5) is 26.7. The average molecular weight is 441 g/mol. The molecule has 1 amide bonds. The van der Waals surface area contributed by atoms with E-state index in [0.717, 1.165) is 28.9 Å². The van der Waals surface area contributed by atoms with E-state index in [2.05, 4.69) is 31.4 Å². The summed E-state index contributed by atoms with van der Waals surface area (Å²) >= 11 is 1.76. The lowest BCUT2D eigenvalue weighted by atomic mass is 10.1. The lowest BCUT2D eigenvalue weighted by molar-refractivity contribution is -0.117. The molecule has 1 aliphatic rings. The topological polar surface area (TPSA) is 120 Å². The predicted octanol–water partition coefficient (Wildman–Crippen LogP) is 1.62. The summed E-state index contributed by atoms with van der Waals surface area (Å²) in [6, 6.07) is 9.01. The van der Waals surface area contributed by atoms with Gasteiger partial charge < -0.3 is 21.1 Å². The number of amides is 1. The number of nitrogens with zero attached hydrogens (tertiary/aromatic N) is 3. The van der Waals surface area contributed by atoms with Crippen molar-refractivity contribution in [3.8, 4) is 0 Å². The molecule has 3 atom stereocenters. The summed E-state index contributed by atoms with van der Waals surface area (Å²) in [6.07, 6.45) is 5.56. The van der Waals surface area contributed by atoms with Crippen LogP contribution in [-0.4, -0.2) is 68.1 Å². The molecule has 0 unspecified atom stereocenters. The second-order valence-electron chi connectivity index (χ2n) is 8.02. The van der Waals surface area contributed by atoms with Crippen LogP contribution in [0.25, 0.3) is 11.0 Å². The summed E-state index contributed by atoms with van der Waals surface area (Å²) in [6.45, 7) is 2.19. The minimum atomic E-state index is -0.679. The van der Waals surface area contributed by atoms with Gasteiger partial charge in [0.15, 0.2) is 5.82 Å². The first-order valence-corrected chi connectivity index (χ1v) is 11.7. The maximum Gasteiger partial charge on any atom is 0.242 e. The largest absolute Gasteiger partial charge is 0.391 e. The lowest BCUT2D eigenvalue weighted by Gasteiger charge is -2.14. The van der Waals surface area contributed by atoms with Gasteiger partial charge in [-0.2, -0.15) is 11.8 Å². The quantitative estimate of drug-likeness (QED) is 0.420. The highest BCUT2D eigenvalue weighted by Crippen LogP contribution is 2.26. The van der Waals surface area contributed by atoms with Crippen LogP contribution in [0.1, 0.15) is 11.1 Å². The van der Waals surface area contributed by atoms with Gasteiger partial charge in [0.2, 0.25) is 5.91 Å². The Morgan fingerprint density at radius 1 is 1.35 bits per heavy atom. The van der Waals surface area contributed by atoms with Crippen molar-refractivity contribution < 1.29 is 9.90 Å². The van der Waals surface area contributed by atoms with Crippen LogP contribution in [0.15, 0.2) is 42.9 Å². The monoisotopic (exact) mass is 440 g/mol. The van der Waals surface area contributed by atoms with Gasteiger partial charge in [0.05, 0.1) is 17.7 Å². The third kappa shape index (κ3) is 5.07. The molecule has 0 radical (unpaired) electrons. The first kappa shape index (κ1) is 21.8. The Labute approximate surface area is 185 Å². The van der Waals surface area contributed by atoms with E-state index >= 15 is 0 Å². The number of nitrogens with two attached hydrogens (primary N) is 1. The van der Waals surface area contributed by atoms with E-state index in [-0.39, 0.29) is 17.9 Å². The fourth-order valence-electron chi connectivity index (χ4n) is 4.07. The highest BCUT2D eigenvalue weighted by Gasteiger charge is 2.31. The van der Waals surface area contributed by atoms with E-state index in [0.29, 0.717) is 30.8 Å². The minimum absolute atomic E-state index is 0.288. The molecule has 31 heavy (non-hydrogen) atoms. The van der Waals surface area contributed by atoms with Gasteiger partial charge in [-0.3, -0.25) is 9.69 Å². The molecular formula is C22H28N6O2S. The molecular weight excluding hydrogens is 412 g/mol. The standard InChI is InChI=1S/C22H28N6O2S/c1-31-12-16-10-28(11-18(16)29)9-15-8-24-20-19(15)25-13-26-21(20)27-22(30)17(23)7-14-5-3-2-4-6-14/h2-6,8,13,16-18,24,29H,7,9-12,23H2,1H3,(H,25,26,27,30)/t16-,17+,18-/m1/s1. The summed E-state index contributed by atoms with van der Waals surface area (Å²) in [5.41, 5.74) is 9.57. The highest BCUT2D eigenvalue weighted by molar-refractivity contribution is 7.98. The molecule has 1 fully saturated rings. The van der Waals surface area contributed by atoms with E-state index < -0.39 is 6.04 Å². The van der Waals surface area contributed by atoms with Crippen LogP contribution >= 0.6 is 11.8 Å². The van der Waals surface area contributed by atoms with Gasteiger partial charge in [-0.15, -0.1) is 0 Å². The molecule has 0 aliphatic carbocycles. The third-order valence-corrected chi connectivity index (χ3v) is 6.44. The SMILES string of the molecule is CSC[C@H]1CN(Cc2c[nH]c3c(NC(=O)[C@@H](N)Cc4ccccc4)ncnc23)C[C@H]1O. The number of likely N-dealkylation sites (tertiary alicyclic amines) is 1. The van der Waals surface area contributed by atoms with E-state index in [1.807, 2.05) is 36.5 Å². The first-order valence-electron chi connectivity index (χ1n) is 10.4. The van der Waals surface area contributed by atoms with Gasteiger partial charge in [0.1, 0.15) is 11.8 Å². The molecule has 0 spiro atoms. The van der Waals surface area contributed by atoms with Crippen molar-refractivity contribution in [3.05, 3.63) is 54.0 Å². The maximum atomic E-state index is 12.6. The molecule has 1 saturated heterocycles.